The lowest BCUT2D eigenvalue weighted by molar-refractivity contribution is 0.357. The lowest BCUT2D eigenvalue weighted by atomic mass is 10.1. The standard InChI is InChI=1S/C24H28N4O2.HI/c1-3-25-24(26-12-10-18-6-9-21-20(14-18)11-13-29-21)28-16-23-27-15-22(30-23)19-7-4-17(2)5-8-19;/h4-9,14-15H,3,10-13,16H2,1-2H3,(H2,25,26,28);1H. The molecule has 1 aliphatic heterocycles. The van der Waals surface area contributed by atoms with Crippen molar-refractivity contribution in [1.82, 2.24) is 15.6 Å². The van der Waals surface area contributed by atoms with Crippen molar-refractivity contribution in [3.05, 3.63) is 71.2 Å². The monoisotopic (exact) mass is 532 g/mol. The van der Waals surface area contributed by atoms with Crippen LogP contribution in [-0.4, -0.2) is 30.6 Å². The number of ether oxygens (including phenoxy) is 1. The quantitative estimate of drug-likeness (QED) is 0.267. The van der Waals surface area contributed by atoms with Crippen LogP contribution in [0.3, 0.4) is 0 Å². The van der Waals surface area contributed by atoms with Gasteiger partial charge in [0.05, 0.1) is 12.8 Å². The molecule has 7 heteroatoms. The molecule has 0 aliphatic carbocycles. The number of rotatable bonds is 7. The van der Waals surface area contributed by atoms with E-state index in [1.807, 2.05) is 12.1 Å². The van der Waals surface area contributed by atoms with Gasteiger partial charge in [-0.15, -0.1) is 24.0 Å². The van der Waals surface area contributed by atoms with Gasteiger partial charge in [-0.2, -0.15) is 0 Å². The average molecular weight is 532 g/mol. The first-order valence-corrected chi connectivity index (χ1v) is 10.5. The number of halogens is 1. The molecule has 0 spiro atoms. The van der Waals surface area contributed by atoms with Gasteiger partial charge < -0.3 is 19.8 Å². The smallest absolute Gasteiger partial charge is 0.216 e. The summed E-state index contributed by atoms with van der Waals surface area (Å²) in [5, 5.41) is 6.66. The lowest BCUT2D eigenvalue weighted by Crippen LogP contribution is -2.38. The second-order valence-corrected chi connectivity index (χ2v) is 7.40. The minimum Gasteiger partial charge on any atom is -0.493 e. The van der Waals surface area contributed by atoms with Gasteiger partial charge in [0, 0.05) is 25.1 Å². The summed E-state index contributed by atoms with van der Waals surface area (Å²) in [7, 11) is 0. The summed E-state index contributed by atoms with van der Waals surface area (Å²) in [6.45, 7) is 6.89. The van der Waals surface area contributed by atoms with E-state index < -0.39 is 0 Å². The average Bonchev–Trinajstić information content (AvgIpc) is 3.42. The first-order valence-electron chi connectivity index (χ1n) is 10.5. The van der Waals surface area contributed by atoms with Crippen LogP contribution >= 0.6 is 24.0 Å². The zero-order valence-corrected chi connectivity index (χ0v) is 20.3. The third kappa shape index (κ3) is 6.22. The van der Waals surface area contributed by atoms with Crippen LogP contribution in [0.2, 0.25) is 0 Å². The van der Waals surface area contributed by atoms with Crippen molar-refractivity contribution in [1.29, 1.82) is 0 Å². The second kappa shape index (κ2) is 11.2. The Kier molecular flexibility index (Phi) is 8.34. The number of hydrogen-bond donors (Lipinski definition) is 2. The molecular formula is C24H29IN4O2. The molecule has 0 amide bonds. The van der Waals surface area contributed by atoms with Crippen LogP contribution in [0, 0.1) is 6.92 Å². The number of guanidine groups is 1. The SMILES string of the molecule is CCNC(=NCc1ncc(-c2ccc(C)cc2)o1)NCCc1ccc2c(c1)CCO2.I. The molecule has 4 rings (SSSR count). The summed E-state index contributed by atoms with van der Waals surface area (Å²) in [5.41, 5.74) is 4.85. The van der Waals surface area contributed by atoms with Crippen LogP contribution < -0.4 is 15.4 Å². The van der Waals surface area contributed by atoms with Crippen molar-refractivity contribution in [3.8, 4) is 17.1 Å². The zero-order chi connectivity index (χ0) is 20.8. The summed E-state index contributed by atoms with van der Waals surface area (Å²) in [6, 6.07) is 14.7. The summed E-state index contributed by atoms with van der Waals surface area (Å²) >= 11 is 0. The van der Waals surface area contributed by atoms with Crippen LogP contribution in [0.4, 0.5) is 0 Å². The minimum atomic E-state index is 0. The highest BCUT2D eigenvalue weighted by atomic mass is 127. The van der Waals surface area contributed by atoms with Crippen molar-refractivity contribution < 1.29 is 9.15 Å². The molecule has 0 saturated carbocycles. The molecule has 0 atom stereocenters. The van der Waals surface area contributed by atoms with Crippen LogP contribution in [0.5, 0.6) is 5.75 Å². The van der Waals surface area contributed by atoms with Crippen LogP contribution in [-0.2, 0) is 19.4 Å². The van der Waals surface area contributed by atoms with E-state index in [9.17, 15) is 0 Å². The number of aromatic nitrogens is 1. The summed E-state index contributed by atoms with van der Waals surface area (Å²) in [5.74, 6) is 3.15. The Balaban J connectivity index is 0.00000272. The first kappa shape index (κ1) is 23.1. The minimum absolute atomic E-state index is 0. The molecule has 3 aromatic rings. The van der Waals surface area contributed by atoms with Crippen LogP contribution in [0.15, 0.2) is 58.1 Å². The molecule has 31 heavy (non-hydrogen) atoms. The molecule has 164 valence electrons. The third-order valence-corrected chi connectivity index (χ3v) is 5.07. The van der Waals surface area contributed by atoms with Crippen molar-refractivity contribution >= 4 is 29.9 Å². The second-order valence-electron chi connectivity index (χ2n) is 7.40. The number of hydrogen-bond acceptors (Lipinski definition) is 4. The number of fused-ring (bicyclic) bond motifs is 1. The molecule has 0 fully saturated rings. The van der Waals surface area contributed by atoms with E-state index in [2.05, 4.69) is 64.8 Å². The van der Waals surface area contributed by atoms with Gasteiger partial charge in [-0.1, -0.05) is 42.0 Å². The zero-order valence-electron chi connectivity index (χ0n) is 18.0. The number of aliphatic imine (C=N–C) groups is 1. The van der Waals surface area contributed by atoms with Gasteiger partial charge in [0.2, 0.25) is 5.89 Å². The first-order chi connectivity index (χ1) is 14.7. The predicted octanol–water partition coefficient (Wildman–Crippen LogP) is 4.50. The number of oxazole rings is 1. The molecule has 0 bridgehead atoms. The Morgan fingerprint density at radius 2 is 1.97 bits per heavy atom. The lowest BCUT2D eigenvalue weighted by Gasteiger charge is -2.11. The summed E-state index contributed by atoms with van der Waals surface area (Å²) < 4.78 is 11.4. The maximum absolute atomic E-state index is 5.87. The number of nitrogens with one attached hydrogen (secondary N) is 2. The highest BCUT2D eigenvalue weighted by Crippen LogP contribution is 2.26. The van der Waals surface area contributed by atoms with Crippen molar-refractivity contribution in [2.24, 2.45) is 4.99 Å². The number of aryl methyl sites for hydroxylation is 1. The van der Waals surface area contributed by atoms with E-state index in [4.69, 9.17) is 9.15 Å². The van der Waals surface area contributed by atoms with Crippen molar-refractivity contribution in [2.75, 3.05) is 19.7 Å². The predicted molar refractivity (Wildman–Crippen MR) is 134 cm³/mol. The van der Waals surface area contributed by atoms with Crippen molar-refractivity contribution in [2.45, 2.75) is 33.2 Å². The molecule has 6 nitrogen and oxygen atoms in total. The van der Waals surface area contributed by atoms with E-state index in [0.29, 0.717) is 12.4 Å². The molecule has 0 radical (unpaired) electrons. The molecule has 2 heterocycles. The Morgan fingerprint density at radius 3 is 2.77 bits per heavy atom. The van der Waals surface area contributed by atoms with Gasteiger partial charge in [-0.05, 0) is 37.5 Å². The molecule has 0 unspecified atom stereocenters. The molecule has 0 saturated heterocycles. The highest BCUT2D eigenvalue weighted by molar-refractivity contribution is 14.0. The molecule has 1 aliphatic rings. The van der Waals surface area contributed by atoms with Gasteiger partial charge in [-0.25, -0.2) is 9.98 Å². The summed E-state index contributed by atoms with van der Waals surface area (Å²) in [4.78, 5) is 8.98. The van der Waals surface area contributed by atoms with Crippen LogP contribution in [0.25, 0.3) is 11.3 Å². The molecule has 2 N–H and O–H groups in total. The van der Waals surface area contributed by atoms with Crippen molar-refractivity contribution in [3.63, 3.8) is 0 Å². The van der Waals surface area contributed by atoms with Gasteiger partial charge >= 0.3 is 0 Å². The van der Waals surface area contributed by atoms with Gasteiger partial charge in [0.15, 0.2) is 11.7 Å². The van der Waals surface area contributed by atoms with E-state index in [1.165, 1.54) is 16.7 Å². The molecule has 1 aromatic heterocycles. The summed E-state index contributed by atoms with van der Waals surface area (Å²) in [6.07, 6.45) is 3.68. The fourth-order valence-electron chi connectivity index (χ4n) is 3.44. The third-order valence-electron chi connectivity index (χ3n) is 5.07. The maximum atomic E-state index is 5.87. The topological polar surface area (TPSA) is 71.7 Å². The van der Waals surface area contributed by atoms with Gasteiger partial charge in [-0.3, -0.25) is 0 Å². The van der Waals surface area contributed by atoms with Crippen LogP contribution in [0.1, 0.15) is 29.5 Å². The number of benzene rings is 2. The van der Waals surface area contributed by atoms with Gasteiger partial charge in [0.1, 0.15) is 12.3 Å². The van der Waals surface area contributed by atoms with E-state index >= 15 is 0 Å². The Morgan fingerprint density at radius 1 is 1.13 bits per heavy atom. The maximum Gasteiger partial charge on any atom is 0.216 e. The number of nitrogens with zero attached hydrogens (tertiary/aromatic N) is 2. The fourth-order valence-corrected chi connectivity index (χ4v) is 3.44. The Hall–Kier alpha value is -2.55. The normalized spacial score (nSPS) is 12.6. The van der Waals surface area contributed by atoms with Gasteiger partial charge in [0.25, 0.3) is 0 Å². The molecule has 2 aromatic carbocycles. The van der Waals surface area contributed by atoms with E-state index in [1.54, 1.807) is 6.20 Å². The Bertz CT molecular complexity index is 1010. The van der Waals surface area contributed by atoms with E-state index in [0.717, 1.165) is 55.6 Å². The van der Waals surface area contributed by atoms with E-state index in [-0.39, 0.29) is 24.0 Å². The fraction of sp³-hybridized carbons (Fsp3) is 0.333. The highest BCUT2D eigenvalue weighted by Gasteiger charge is 2.12. The molecular weight excluding hydrogens is 503 g/mol. The largest absolute Gasteiger partial charge is 0.493 e. The Labute approximate surface area is 200 Å².